The largest absolute Gasteiger partial charge is 0.464 e. The highest BCUT2D eigenvalue weighted by Crippen LogP contribution is 2.29. The van der Waals surface area contributed by atoms with Crippen LogP contribution in [0.2, 0.25) is 0 Å². The molecule has 21 heavy (non-hydrogen) atoms. The molecule has 1 fully saturated rings. The number of piperazine rings is 1. The second kappa shape index (κ2) is 6.33. The van der Waals surface area contributed by atoms with E-state index in [0.717, 1.165) is 17.9 Å². The maximum absolute atomic E-state index is 12.7. The molecular weight excluding hydrogens is 268 g/mol. The molecule has 1 aromatic heterocycles. The Morgan fingerprint density at radius 1 is 1.33 bits per heavy atom. The van der Waals surface area contributed by atoms with Gasteiger partial charge in [-0.05, 0) is 38.8 Å². The summed E-state index contributed by atoms with van der Waals surface area (Å²) in [6.45, 7) is 7.72. The van der Waals surface area contributed by atoms with Crippen LogP contribution in [0.25, 0.3) is 0 Å². The van der Waals surface area contributed by atoms with Gasteiger partial charge in [0.1, 0.15) is 23.6 Å². The molecule has 2 rings (SSSR count). The van der Waals surface area contributed by atoms with Gasteiger partial charge in [0.05, 0.1) is 6.04 Å². The van der Waals surface area contributed by atoms with E-state index in [4.69, 9.17) is 4.42 Å². The summed E-state index contributed by atoms with van der Waals surface area (Å²) in [5.41, 5.74) is 0. The van der Waals surface area contributed by atoms with Gasteiger partial charge < -0.3 is 14.6 Å². The van der Waals surface area contributed by atoms with E-state index >= 15 is 0 Å². The summed E-state index contributed by atoms with van der Waals surface area (Å²) in [5.74, 6) is 1.46. The topological polar surface area (TPSA) is 62.6 Å². The zero-order valence-corrected chi connectivity index (χ0v) is 13.2. The van der Waals surface area contributed by atoms with Crippen LogP contribution in [-0.4, -0.2) is 28.8 Å². The number of hydrogen-bond acceptors (Lipinski definition) is 3. The van der Waals surface area contributed by atoms with Crippen LogP contribution in [0.3, 0.4) is 0 Å². The van der Waals surface area contributed by atoms with Gasteiger partial charge in [0, 0.05) is 0 Å². The zero-order valence-electron chi connectivity index (χ0n) is 13.2. The summed E-state index contributed by atoms with van der Waals surface area (Å²) in [5, 5.41) is 2.85. The van der Waals surface area contributed by atoms with Gasteiger partial charge in [-0.2, -0.15) is 0 Å². The number of aryl methyl sites for hydroxylation is 1. The molecule has 0 aliphatic carbocycles. The number of amides is 2. The highest BCUT2D eigenvalue weighted by atomic mass is 16.3. The molecule has 0 saturated carbocycles. The van der Waals surface area contributed by atoms with Crippen LogP contribution in [-0.2, 0) is 9.59 Å². The molecule has 2 amide bonds. The number of hydrogen-bond donors (Lipinski definition) is 1. The van der Waals surface area contributed by atoms with Crippen molar-refractivity contribution in [2.45, 2.75) is 65.1 Å². The Morgan fingerprint density at radius 3 is 2.57 bits per heavy atom. The fourth-order valence-corrected chi connectivity index (χ4v) is 2.93. The molecule has 0 spiro atoms. The molecular formula is C16H24N2O3. The lowest BCUT2D eigenvalue weighted by atomic mass is 9.99. The molecule has 0 aromatic carbocycles. The van der Waals surface area contributed by atoms with Gasteiger partial charge in [0.2, 0.25) is 11.8 Å². The van der Waals surface area contributed by atoms with E-state index in [1.54, 1.807) is 4.90 Å². The SMILES string of the molecule is CCCC1NC(=O)C(CC)N(C(C)c2ccc(C)o2)C1=O. The van der Waals surface area contributed by atoms with Crippen molar-refractivity contribution in [1.29, 1.82) is 0 Å². The third-order valence-electron chi connectivity index (χ3n) is 4.06. The summed E-state index contributed by atoms with van der Waals surface area (Å²) < 4.78 is 5.64. The normalized spacial score (nSPS) is 24.1. The monoisotopic (exact) mass is 292 g/mol. The van der Waals surface area contributed by atoms with Gasteiger partial charge in [-0.1, -0.05) is 20.3 Å². The molecule has 2 heterocycles. The van der Waals surface area contributed by atoms with Crippen LogP contribution in [0.5, 0.6) is 0 Å². The lowest BCUT2D eigenvalue weighted by Gasteiger charge is -2.41. The highest BCUT2D eigenvalue weighted by Gasteiger charge is 2.42. The molecule has 5 heteroatoms. The molecule has 3 unspecified atom stereocenters. The second-order valence-electron chi connectivity index (χ2n) is 5.64. The van der Waals surface area contributed by atoms with Crippen molar-refractivity contribution in [2.24, 2.45) is 0 Å². The van der Waals surface area contributed by atoms with Crippen LogP contribution in [0.1, 0.15) is 57.6 Å². The Kier molecular flexibility index (Phi) is 4.70. The zero-order chi connectivity index (χ0) is 15.6. The number of carbonyl (C=O) groups is 2. The Bertz CT molecular complexity index is 523. The molecule has 0 radical (unpaired) electrons. The molecule has 1 N–H and O–H groups in total. The number of nitrogens with one attached hydrogen (secondary N) is 1. The fourth-order valence-electron chi connectivity index (χ4n) is 2.93. The van der Waals surface area contributed by atoms with E-state index in [2.05, 4.69) is 5.32 Å². The average molecular weight is 292 g/mol. The Labute approximate surface area is 125 Å². The standard InChI is InChI=1S/C16H24N2O3/c1-5-7-12-16(20)18(13(6-2)15(19)17-12)11(4)14-9-8-10(3)21-14/h8-9,11-13H,5-7H2,1-4H3,(H,17,19). The first-order chi connectivity index (χ1) is 9.99. The molecule has 5 nitrogen and oxygen atoms in total. The molecule has 116 valence electrons. The smallest absolute Gasteiger partial charge is 0.246 e. The Morgan fingerprint density at radius 2 is 2.05 bits per heavy atom. The van der Waals surface area contributed by atoms with Crippen molar-refractivity contribution < 1.29 is 14.0 Å². The van der Waals surface area contributed by atoms with Crippen molar-refractivity contribution in [3.05, 3.63) is 23.7 Å². The van der Waals surface area contributed by atoms with E-state index in [1.807, 2.05) is 39.8 Å². The van der Waals surface area contributed by atoms with Gasteiger partial charge >= 0.3 is 0 Å². The van der Waals surface area contributed by atoms with Gasteiger partial charge in [-0.15, -0.1) is 0 Å². The summed E-state index contributed by atoms with van der Waals surface area (Å²) in [6.07, 6.45) is 2.12. The van der Waals surface area contributed by atoms with Gasteiger partial charge in [-0.25, -0.2) is 0 Å². The molecule has 1 aliphatic heterocycles. The maximum Gasteiger partial charge on any atom is 0.246 e. The molecule has 0 bridgehead atoms. The lowest BCUT2D eigenvalue weighted by molar-refractivity contribution is -0.152. The first kappa shape index (κ1) is 15.6. The van der Waals surface area contributed by atoms with Crippen LogP contribution < -0.4 is 5.32 Å². The van der Waals surface area contributed by atoms with Crippen LogP contribution in [0, 0.1) is 6.92 Å². The predicted octanol–water partition coefficient (Wildman–Crippen LogP) is 2.55. The number of rotatable bonds is 5. The second-order valence-corrected chi connectivity index (χ2v) is 5.64. The summed E-state index contributed by atoms with van der Waals surface area (Å²) in [6, 6.07) is 2.68. The van der Waals surface area contributed by atoms with Crippen LogP contribution in [0.4, 0.5) is 0 Å². The Balaban J connectivity index is 2.30. The minimum Gasteiger partial charge on any atom is -0.464 e. The average Bonchev–Trinajstić information content (AvgIpc) is 2.88. The van der Waals surface area contributed by atoms with Crippen molar-refractivity contribution in [1.82, 2.24) is 10.2 Å². The summed E-state index contributed by atoms with van der Waals surface area (Å²) in [4.78, 5) is 26.7. The molecule has 3 atom stereocenters. The fraction of sp³-hybridized carbons (Fsp3) is 0.625. The van der Waals surface area contributed by atoms with Crippen molar-refractivity contribution in [3.8, 4) is 0 Å². The highest BCUT2D eigenvalue weighted by molar-refractivity contribution is 5.97. The maximum atomic E-state index is 12.7. The van der Waals surface area contributed by atoms with Crippen LogP contribution in [0.15, 0.2) is 16.5 Å². The molecule has 1 aromatic rings. The first-order valence-corrected chi connectivity index (χ1v) is 7.68. The van der Waals surface area contributed by atoms with Crippen molar-refractivity contribution in [2.75, 3.05) is 0 Å². The van der Waals surface area contributed by atoms with E-state index in [1.165, 1.54) is 0 Å². The Hall–Kier alpha value is -1.78. The minimum absolute atomic E-state index is 0.00940. The quantitative estimate of drug-likeness (QED) is 0.907. The van der Waals surface area contributed by atoms with Gasteiger partial charge in [0.25, 0.3) is 0 Å². The minimum atomic E-state index is -0.425. The third-order valence-corrected chi connectivity index (χ3v) is 4.06. The number of carbonyl (C=O) groups excluding carboxylic acids is 2. The lowest BCUT2D eigenvalue weighted by Crippen LogP contribution is -2.63. The van der Waals surface area contributed by atoms with E-state index in [-0.39, 0.29) is 17.9 Å². The number of nitrogens with zero attached hydrogens (tertiary/aromatic N) is 1. The van der Waals surface area contributed by atoms with Gasteiger partial charge in [0.15, 0.2) is 0 Å². The third kappa shape index (κ3) is 2.96. The molecule has 1 saturated heterocycles. The first-order valence-electron chi connectivity index (χ1n) is 7.68. The predicted molar refractivity (Wildman–Crippen MR) is 79.6 cm³/mol. The van der Waals surface area contributed by atoms with Crippen molar-refractivity contribution in [3.63, 3.8) is 0 Å². The van der Waals surface area contributed by atoms with Gasteiger partial charge in [-0.3, -0.25) is 9.59 Å². The molecule has 1 aliphatic rings. The number of furan rings is 1. The van der Waals surface area contributed by atoms with Crippen LogP contribution >= 0.6 is 0 Å². The van der Waals surface area contributed by atoms with E-state index in [0.29, 0.717) is 12.8 Å². The summed E-state index contributed by atoms with van der Waals surface area (Å²) in [7, 11) is 0. The summed E-state index contributed by atoms with van der Waals surface area (Å²) >= 11 is 0. The van der Waals surface area contributed by atoms with Crippen molar-refractivity contribution >= 4 is 11.8 Å². The van der Waals surface area contributed by atoms with E-state index in [9.17, 15) is 9.59 Å². The van der Waals surface area contributed by atoms with E-state index < -0.39 is 12.1 Å².